The maximum absolute atomic E-state index is 13.9. The van der Waals surface area contributed by atoms with Gasteiger partial charge in [-0.15, -0.1) is 4.59 Å². The normalized spacial score (nSPS) is 18.6. The summed E-state index contributed by atoms with van der Waals surface area (Å²) in [5.41, 5.74) is 3.36. The van der Waals surface area contributed by atoms with Gasteiger partial charge in [-0.2, -0.15) is 10.0 Å². The van der Waals surface area contributed by atoms with E-state index in [2.05, 4.69) is 23.3 Å². The van der Waals surface area contributed by atoms with Gasteiger partial charge in [0.1, 0.15) is 18.0 Å². The van der Waals surface area contributed by atoms with Gasteiger partial charge in [0.25, 0.3) is 0 Å². The Morgan fingerprint density at radius 2 is 1.75 bits per heavy atom. The number of hydrogen-bond donors (Lipinski definition) is 1. The zero-order valence-corrected chi connectivity index (χ0v) is 26.1. The van der Waals surface area contributed by atoms with Gasteiger partial charge in [0.15, 0.2) is 5.69 Å². The molecule has 9 heteroatoms. The zero-order valence-electron chi connectivity index (χ0n) is 26.1. The molecule has 3 aromatic rings. The van der Waals surface area contributed by atoms with Gasteiger partial charge < -0.3 is 14.8 Å². The van der Waals surface area contributed by atoms with Gasteiger partial charge in [-0.05, 0) is 68.7 Å². The molecule has 5 rings (SSSR count). The smallest absolute Gasteiger partial charge is 0.362 e. The Balaban J connectivity index is 1.45. The molecule has 2 aliphatic rings. The summed E-state index contributed by atoms with van der Waals surface area (Å²) in [6, 6.07) is 21.3. The fraction of sp³-hybridized carbons (Fsp3) is 0.429. The van der Waals surface area contributed by atoms with E-state index in [-0.39, 0.29) is 23.3 Å². The second-order valence-corrected chi connectivity index (χ2v) is 11.5. The van der Waals surface area contributed by atoms with E-state index >= 15 is 0 Å². The summed E-state index contributed by atoms with van der Waals surface area (Å²) < 4.78 is 11.6. The minimum Gasteiger partial charge on any atom is -0.472 e. The van der Waals surface area contributed by atoms with Crippen molar-refractivity contribution in [3.63, 3.8) is 0 Å². The van der Waals surface area contributed by atoms with E-state index in [0.29, 0.717) is 18.0 Å². The molecule has 1 aromatic heterocycles. The number of fused-ring (bicyclic) bond motifs is 1. The van der Waals surface area contributed by atoms with Gasteiger partial charge in [0, 0.05) is 30.3 Å². The van der Waals surface area contributed by atoms with Crippen molar-refractivity contribution in [3.05, 3.63) is 84.2 Å². The topological polar surface area (TPSA) is 93.1 Å². The first-order chi connectivity index (χ1) is 21.5. The van der Waals surface area contributed by atoms with Gasteiger partial charge in [-0.3, -0.25) is 4.98 Å². The van der Waals surface area contributed by atoms with Gasteiger partial charge in [0.05, 0.1) is 19.3 Å². The maximum atomic E-state index is 13.9. The highest BCUT2D eigenvalue weighted by Gasteiger charge is 2.50. The lowest BCUT2D eigenvalue weighted by atomic mass is 9.96. The summed E-state index contributed by atoms with van der Waals surface area (Å²) in [7, 11) is 1.88. The number of amidine groups is 1. The standard InChI is InChI=1S/C35H43N5O4/c1-4-6-19-32-38-29-16-10-11-18-31(29)40(32,39(3)35(42)37-27-14-8-7-9-15-27)25-26-20-22-28(23-21-26)44-33(34(41)43-5-2)30-17-12-13-24-36-30/h10-13,16-18,20-24,27,33H,4-9,14-15,19,25H2,1-3H3/p+1. The van der Waals surface area contributed by atoms with E-state index < -0.39 is 12.1 Å². The van der Waals surface area contributed by atoms with Crippen molar-refractivity contribution in [1.82, 2.24) is 19.9 Å². The molecule has 2 atom stereocenters. The molecule has 1 aliphatic carbocycles. The number of hydrogen-bond acceptors (Lipinski definition) is 6. The van der Waals surface area contributed by atoms with Crippen molar-refractivity contribution in [1.29, 1.82) is 0 Å². The molecule has 0 saturated heterocycles. The number of amides is 2. The molecule has 2 unspecified atom stereocenters. The Kier molecular flexibility index (Phi) is 10.3. The third kappa shape index (κ3) is 6.78. The van der Waals surface area contributed by atoms with E-state index in [1.54, 1.807) is 25.3 Å². The van der Waals surface area contributed by atoms with E-state index in [0.717, 1.165) is 67.7 Å². The zero-order chi connectivity index (χ0) is 30.9. The Hall–Kier alpha value is -4.24. The Labute approximate surface area is 260 Å². The van der Waals surface area contributed by atoms with Crippen molar-refractivity contribution in [2.24, 2.45) is 4.99 Å². The average Bonchev–Trinajstić information content (AvgIpc) is 3.37. The maximum Gasteiger partial charge on any atom is 0.362 e. The summed E-state index contributed by atoms with van der Waals surface area (Å²) in [4.78, 5) is 36.1. The average molecular weight is 599 g/mol. The molecule has 2 aromatic carbocycles. The lowest BCUT2D eigenvalue weighted by Gasteiger charge is -2.41. The number of carbonyl (C=O) groups is 2. The summed E-state index contributed by atoms with van der Waals surface area (Å²) >= 11 is 0. The number of carbonyl (C=O) groups excluding carboxylic acids is 2. The molecule has 2 amide bonds. The first kappa shape index (κ1) is 31.2. The lowest BCUT2D eigenvalue weighted by Crippen LogP contribution is -2.66. The molecule has 44 heavy (non-hydrogen) atoms. The van der Waals surface area contributed by atoms with Crippen LogP contribution in [0.3, 0.4) is 0 Å². The predicted octanol–water partition coefficient (Wildman–Crippen LogP) is 7.40. The highest BCUT2D eigenvalue weighted by Crippen LogP contribution is 2.44. The van der Waals surface area contributed by atoms with Crippen LogP contribution < -0.4 is 14.6 Å². The number of para-hydroxylation sites is 2. The van der Waals surface area contributed by atoms with Gasteiger partial charge in [-0.25, -0.2) is 9.59 Å². The summed E-state index contributed by atoms with van der Waals surface area (Å²) in [5, 5.41) is 5.16. The van der Waals surface area contributed by atoms with Crippen LogP contribution in [-0.2, 0) is 16.1 Å². The molecule has 1 fully saturated rings. The van der Waals surface area contributed by atoms with Crippen molar-refractivity contribution < 1.29 is 19.1 Å². The van der Waals surface area contributed by atoms with Crippen molar-refractivity contribution in [3.8, 4) is 5.75 Å². The Morgan fingerprint density at radius 1 is 1.00 bits per heavy atom. The van der Waals surface area contributed by atoms with Crippen molar-refractivity contribution in [2.45, 2.75) is 83.9 Å². The van der Waals surface area contributed by atoms with E-state index in [1.807, 2.05) is 60.6 Å². The largest absolute Gasteiger partial charge is 0.472 e. The van der Waals surface area contributed by atoms with Crippen LogP contribution >= 0.6 is 0 Å². The van der Waals surface area contributed by atoms with Crippen LogP contribution in [-0.4, -0.2) is 47.5 Å². The number of ether oxygens (including phenoxy) is 2. The molecule has 0 spiro atoms. The first-order valence-electron chi connectivity index (χ1n) is 15.9. The monoisotopic (exact) mass is 598 g/mol. The van der Waals surface area contributed by atoms with Gasteiger partial charge in [0.2, 0.25) is 11.9 Å². The van der Waals surface area contributed by atoms with Gasteiger partial charge >= 0.3 is 12.0 Å². The SMILES string of the molecule is CCCCC1=Nc2ccccc2[N+]1(Cc1ccc(OC(C(=O)OCC)c2ccccn2)cc1)N(C)C(=O)NC1CCCCC1. The van der Waals surface area contributed by atoms with Crippen LogP contribution in [0.2, 0.25) is 0 Å². The van der Waals surface area contributed by atoms with Crippen LogP contribution in [0.4, 0.5) is 16.2 Å². The van der Waals surface area contributed by atoms with Crippen molar-refractivity contribution in [2.75, 3.05) is 13.7 Å². The number of aromatic nitrogens is 1. The second kappa shape index (κ2) is 14.5. The fourth-order valence-electron chi connectivity index (χ4n) is 6.15. The number of nitrogens with zero attached hydrogens (tertiary/aromatic N) is 4. The van der Waals surface area contributed by atoms with Crippen molar-refractivity contribution >= 4 is 29.2 Å². The third-order valence-electron chi connectivity index (χ3n) is 8.50. The fourth-order valence-corrected chi connectivity index (χ4v) is 6.15. The van der Waals surface area contributed by atoms with E-state index in [9.17, 15) is 9.59 Å². The Morgan fingerprint density at radius 3 is 2.45 bits per heavy atom. The molecular formula is C35H44N5O4+. The highest BCUT2D eigenvalue weighted by atomic mass is 16.6. The van der Waals surface area contributed by atoms with Crippen LogP contribution in [0.5, 0.6) is 5.75 Å². The van der Waals surface area contributed by atoms with E-state index in [1.165, 1.54) is 6.42 Å². The number of urea groups is 1. The van der Waals surface area contributed by atoms with Gasteiger partial charge in [-0.1, -0.05) is 50.8 Å². The second-order valence-electron chi connectivity index (χ2n) is 11.5. The molecule has 232 valence electrons. The minimum absolute atomic E-state index is 0.0922. The molecule has 1 saturated carbocycles. The minimum atomic E-state index is -0.978. The molecule has 2 heterocycles. The number of quaternary nitrogens is 1. The molecule has 0 bridgehead atoms. The quantitative estimate of drug-likeness (QED) is 0.173. The molecule has 1 aliphatic heterocycles. The number of pyridine rings is 1. The number of aliphatic imine (C=N–C) groups is 1. The summed E-state index contributed by atoms with van der Waals surface area (Å²) in [5.74, 6) is 0.983. The molecular weight excluding hydrogens is 554 g/mol. The highest BCUT2D eigenvalue weighted by molar-refractivity contribution is 6.03. The van der Waals surface area contributed by atoms with Crippen LogP contribution in [0.1, 0.15) is 82.6 Å². The summed E-state index contributed by atoms with van der Waals surface area (Å²) in [6.45, 7) is 4.68. The number of benzene rings is 2. The first-order valence-corrected chi connectivity index (χ1v) is 15.9. The summed E-state index contributed by atoms with van der Waals surface area (Å²) in [6.07, 6.45) is 8.97. The predicted molar refractivity (Wildman–Crippen MR) is 172 cm³/mol. The van der Waals surface area contributed by atoms with Crippen LogP contribution in [0, 0.1) is 0 Å². The molecule has 1 N–H and O–H groups in total. The molecule has 9 nitrogen and oxygen atoms in total. The molecule has 0 radical (unpaired) electrons. The number of rotatable bonds is 12. The third-order valence-corrected chi connectivity index (χ3v) is 8.50. The lowest BCUT2D eigenvalue weighted by molar-refractivity contribution is -0.152. The van der Waals surface area contributed by atoms with Crippen LogP contribution in [0.15, 0.2) is 77.9 Å². The van der Waals surface area contributed by atoms with Crippen LogP contribution in [0.25, 0.3) is 0 Å². The number of esters is 1. The van der Waals surface area contributed by atoms with E-state index in [4.69, 9.17) is 14.5 Å². The number of nitrogens with one attached hydrogen (secondary N) is 1. The Bertz CT molecular complexity index is 1440. The number of unbranched alkanes of at least 4 members (excludes halogenated alkanes) is 1.